The highest BCUT2D eigenvalue weighted by molar-refractivity contribution is 6.01. The summed E-state index contributed by atoms with van der Waals surface area (Å²) in [5, 5.41) is 5.22. The van der Waals surface area contributed by atoms with Gasteiger partial charge in [0.25, 0.3) is 0 Å². The second kappa shape index (κ2) is 6.75. The molecule has 5 nitrogen and oxygen atoms in total. The fourth-order valence-corrected chi connectivity index (χ4v) is 3.96. The predicted molar refractivity (Wildman–Crippen MR) is 98.5 cm³/mol. The number of rotatable bonds is 2. The van der Waals surface area contributed by atoms with E-state index in [4.69, 9.17) is 0 Å². The Balaban J connectivity index is 1.40. The van der Waals surface area contributed by atoms with E-state index >= 15 is 0 Å². The molecule has 2 fully saturated rings. The molecule has 0 bridgehead atoms. The van der Waals surface area contributed by atoms with Crippen molar-refractivity contribution in [3.8, 4) is 0 Å². The van der Waals surface area contributed by atoms with Crippen molar-refractivity contribution in [2.45, 2.75) is 31.7 Å². The number of amides is 3. The van der Waals surface area contributed by atoms with Gasteiger partial charge >= 0.3 is 6.03 Å². The molecule has 0 saturated carbocycles. The zero-order chi connectivity index (χ0) is 17.2. The molecule has 25 heavy (non-hydrogen) atoms. The van der Waals surface area contributed by atoms with Crippen LogP contribution in [0.3, 0.4) is 0 Å². The van der Waals surface area contributed by atoms with Crippen molar-refractivity contribution in [1.82, 2.24) is 9.80 Å². The average Bonchev–Trinajstić information content (AvgIpc) is 3.08. The summed E-state index contributed by atoms with van der Waals surface area (Å²) >= 11 is 0. The summed E-state index contributed by atoms with van der Waals surface area (Å²) in [7, 11) is 0. The molecule has 3 amide bonds. The fraction of sp³-hybridized carbons (Fsp3) is 0.400. The quantitative estimate of drug-likeness (QED) is 0.912. The van der Waals surface area contributed by atoms with Crippen molar-refractivity contribution in [2.24, 2.45) is 0 Å². The molecule has 2 saturated heterocycles. The molecule has 0 aromatic heterocycles. The Hall–Kier alpha value is -2.56. The second-order valence-corrected chi connectivity index (χ2v) is 6.87. The predicted octanol–water partition coefficient (Wildman–Crippen LogP) is 3.46. The standard InChI is InChI=1S/C20H23N3O2/c24-19-9-4-12-23(19)16-10-13-22(14-11-16)20(25)21-18-8-3-6-15-5-1-2-7-17(15)18/h1-3,5-8,16H,4,9-14H2,(H,21,25). The van der Waals surface area contributed by atoms with Gasteiger partial charge in [-0.05, 0) is 30.7 Å². The van der Waals surface area contributed by atoms with E-state index in [-0.39, 0.29) is 11.9 Å². The van der Waals surface area contributed by atoms with E-state index in [0.29, 0.717) is 25.6 Å². The minimum atomic E-state index is -0.0532. The highest BCUT2D eigenvalue weighted by Crippen LogP contribution is 2.25. The van der Waals surface area contributed by atoms with Crippen LogP contribution >= 0.6 is 0 Å². The van der Waals surface area contributed by atoms with Gasteiger partial charge in [0.2, 0.25) is 5.91 Å². The van der Waals surface area contributed by atoms with E-state index in [0.717, 1.165) is 42.3 Å². The molecule has 5 heteroatoms. The lowest BCUT2D eigenvalue weighted by molar-refractivity contribution is -0.130. The van der Waals surface area contributed by atoms with Gasteiger partial charge in [-0.3, -0.25) is 4.79 Å². The van der Waals surface area contributed by atoms with Gasteiger partial charge in [-0.25, -0.2) is 4.79 Å². The van der Waals surface area contributed by atoms with Crippen LogP contribution in [0, 0.1) is 0 Å². The Morgan fingerprint density at radius 3 is 2.52 bits per heavy atom. The van der Waals surface area contributed by atoms with E-state index in [9.17, 15) is 9.59 Å². The number of carbonyl (C=O) groups is 2. The van der Waals surface area contributed by atoms with Gasteiger partial charge < -0.3 is 15.1 Å². The highest BCUT2D eigenvalue weighted by atomic mass is 16.2. The molecule has 2 heterocycles. The summed E-state index contributed by atoms with van der Waals surface area (Å²) < 4.78 is 0. The van der Waals surface area contributed by atoms with Crippen molar-refractivity contribution in [3.63, 3.8) is 0 Å². The lowest BCUT2D eigenvalue weighted by atomic mass is 10.0. The van der Waals surface area contributed by atoms with Gasteiger partial charge in [0.1, 0.15) is 0 Å². The summed E-state index contributed by atoms with van der Waals surface area (Å²) in [6.45, 7) is 2.28. The Morgan fingerprint density at radius 2 is 1.76 bits per heavy atom. The van der Waals surface area contributed by atoms with Crippen LogP contribution in [0.4, 0.5) is 10.5 Å². The lowest BCUT2D eigenvalue weighted by Crippen LogP contribution is -2.48. The lowest BCUT2D eigenvalue weighted by Gasteiger charge is -2.36. The number of nitrogens with zero attached hydrogens (tertiary/aromatic N) is 2. The van der Waals surface area contributed by atoms with Gasteiger partial charge in [-0.1, -0.05) is 36.4 Å². The molecule has 1 N–H and O–H groups in total. The number of urea groups is 1. The molecule has 0 aliphatic carbocycles. The van der Waals surface area contributed by atoms with Crippen molar-refractivity contribution >= 4 is 28.4 Å². The topological polar surface area (TPSA) is 52.7 Å². The highest BCUT2D eigenvalue weighted by Gasteiger charge is 2.31. The molecule has 0 unspecified atom stereocenters. The van der Waals surface area contributed by atoms with Crippen molar-refractivity contribution in [1.29, 1.82) is 0 Å². The van der Waals surface area contributed by atoms with Gasteiger partial charge in [0, 0.05) is 37.5 Å². The summed E-state index contributed by atoms with van der Waals surface area (Å²) in [6, 6.07) is 14.2. The Morgan fingerprint density at radius 1 is 1.00 bits per heavy atom. The number of nitrogens with one attached hydrogen (secondary N) is 1. The summed E-state index contributed by atoms with van der Waals surface area (Å²) in [5.74, 6) is 0.277. The van der Waals surface area contributed by atoms with Crippen LogP contribution in [0.5, 0.6) is 0 Å². The van der Waals surface area contributed by atoms with Crippen LogP contribution in [0.1, 0.15) is 25.7 Å². The van der Waals surface area contributed by atoms with E-state index in [1.54, 1.807) is 0 Å². The number of anilines is 1. The van der Waals surface area contributed by atoms with Crippen molar-refractivity contribution in [2.75, 3.05) is 25.0 Å². The van der Waals surface area contributed by atoms with Crippen LogP contribution in [-0.2, 0) is 4.79 Å². The average molecular weight is 337 g/mol. The van der Waals surface area contributed by atoms with E-state index in [1.807, 2.05) is 52.3 Å². The number of piperidine rings is 1. The molecule has 2 aliphatic heterocycles. The van der Waals surface area contributed by atoms with Crippen LogP contribution in [0.15, 0.2) is 42.5 Å². The van der Waals surface area contributed by atoms with E-state index in [2.05, 4.69) is 5.32 Å². The molecule has 0 radical (unpaired) electrons. The SMILES string of the molecule is O=C(Nc1cccc2ccccc12)N1CCC(N2CCCC2=O)CC1. The minimum Gasteiger partial charge on any atom is -0.340 e. The molecular weight excluding hydrogens is 314 g/mol. The number of fused-ring (bicyclic) bond motifs is 1. The monoisotopic (exact) mass is 337 g/mol. The third-order valence-electron chi connectivity index (χ3n) is 5.33. The first kappa shape index (κ1) is 15.9. The van der Waals surface area contributed by atoms with Crippen LogP contribution in [-0.4, -0.2) is 47.4 Å². The number of hydrogen-bond acceptors (Lipinski definition) is 2. The van der Waals surface area contributed by atoms with Gasteiger partial charge in [-0.2, -0.15) is 0 Å². The number of carbonyl (C=O) groups excluding carboxylic acids is 2. The largest absolute Gasteiger partial charge is 0.340 e. The maximum absolute atomic E-state index is 12.6. The van der Waals surface area contributed by atoms with Gasteiger partial charge in [0.15, 0.2) is 0 Å². The Bertz CT molecular complexity index is 791. The van der Waals surface area contributed by atoms with Crippen molar-refractivity contribution < 1.29 is 9.59 Å². The Labute approximate surface area is 147 Å². The summed E-state index contributed by atoms with van der Waals surface area (Å²) in [6.07, 6.45) is 3.39. The number of benzene rings is 2. The van der Waals surface area contributed by atoms with E-state index in [1.165, 1.54) is 0 Å². The van der Waals surface area contributed by atoms with Gasteiger partial charge in [-0.15, -0.1) is 0 Å². The number of hydrogen-bond donors (Lipinski definition) is 1. The first-order valence-corrected chi connectivity index (χ1v) is 9.05. The molecule has 2 aromatic carbocycles. The second-order valence-electron chi connectivity index (χ2n) is 6.87. The molecule has 2 aromatic rings. The summed E-state index contributed by atoms with van der Waals surface area (Å²) in [4.78, 5) is 28.4. The smallest absolute Gasteiger partial charge is 0.321 e. The summed E-state index contributed by atoms with van der Waals surface area (Å²) in [5.41, 5.74) is 0.847. The normalized spacial score (nSPS) is 18.8. The van der Waals surface area contributed by atoms with Crippen LogP contribution in [0.25, 0.3) is 10.8 Å². The maximum Gasteiger partial charge on any atom is 0.321 e. The molecule has 0 atom stereocenters. The third kappa shape index (κ3) is 3.18. The van der Waals surface area contributed by atoms with Crippen LogP contribution < -0.4 is 5.32 Å². The third-order valence-corrected chi connectivity index (χ3v) is 5.33. The minimum absolute atomic E-state index is 0.0532. The van der Waals surface area contributed by atoms with Gasteiger partial charge in [0.05, 0.1) is 5.69 Å². The zero-order valence-electron chi connectivity index (χ0n) is 14.3. The zero-order valence-corrected chi connectivity index (χ0v) is 14.3. The first-order chi connectivity index (χ1) is 12.2. The van der Waals surface area contributed by atoms with Crippen molar-refractivity contribution in [3.05, 3.63) is 42.5 Å². The maximum atomic E-state index is 12.6. The Kier molecular flexibility index (Phi) is 4.30. The fourth-order valence-electron chi connectivity index (χ4n) is 3.96. The number of likely N-dealkylation sites (tertiary alicyclic amines) is 2. The molecule has 0 spiro atoms. The molecule has 2 aliphatic rings. The van der Waals surface area contributed by atoms with Crippen LogP contribution in [0.2, 0.25) is 0 Å². The first-order valence-electron chi connectivity index (χ1n) is 9.05. The molecule has 130 valence electrons. The molecular formula is C20H23N3O2. The molecule has 4 rings (SSSR count). The van der Waals surface area contributed by atoms with E-state index < -0.39 is 0 Å².